The van der Waals surface area contributed by atoms with E-state index in [9.17, 15) is 26.3 Å². The van der Waals surface area contributed by atoms with Gasteiger partial charge in [0.25, 0.3) is 0 Å². The molecule has 0 nitrogen and oxygen atoms in total. The highest BCUT2D eigenvalue weighted by molar-refractivity contribution is 4.93. The summed E-state index contributed by atoms with van der Waals surface area (Å²) in [5, 5.41) is 0. The lowest BCUT2D eigenvalue weighted by Gasteiger charge is -2.37. The fourth-order valence-corrected chi connectivity index (χ4v) is 2.21. The molecule has 0 amide bonds. The van der Waals surface area contributed by atoms with E-state index in [-0.39, 0.29) is 12.8 Å². The summed E-state index contributed by atoms with van der Waals surface area (Å²) in [6.07, 6.45) is -10.3. The van der Waals surface area contributed by atoms with Gasteiger partial charge in [-0.3, -0.25) is 0 Å². The first kappa shape index (κ1) is 18.6. The Morgan fingerprint density at radius 3 is 1.11 bits per heavy atom. The van der Waals surface area contributed by atoms with E-state index in [0.717, 1.165) is 0 Å². The van der Waals surface area contributed by atoms with Gasteiger partial charge in [-0.25, -0.2) is 0 Å². The molecule has 0 saturated carbocycles. The van der Waals surface area contributed by atoms with Crippen LogP contribution in [0.5, 0.6) is 0 Å². The van der Waals surface area contributed by atoms with Gasteiger partial charge in [0.05, 0.1) is 0 Å². The molecule has 0 fully saturated rings. The minimum absolute atomic E-state index is 0.0400. The Hall–Kier alpha value is -0.420. The molecule has 0 spiro atoms. The predicted octanol–water partition coefficient (Wildman–Crippen LogP) is 6.26. The third kappa shape index (κ3) is 4.88. The van der Waals surface area contributed by atoms with Crippen molar-refractivity contribution in [1.82, 2.24) is 0 Å². The summed E-state index contributed by atoms with van der Waals surface area (Å²) in [4.78, 5) is 0. The van der Waals surface area contributed by atoms with Crippen molar-refractivity contribution in [3.05, 3.63) is 0 Å². The van der Waals surface area contributed by atoms with Crippen molar-refractivity contribution in [3.8, 4) is 0 Å². The highest BCUT2D eigenvalue weighted by Gasteiger charge is 2.68. The van der Waals surface area contributed by atoms with Crippen molar-refractivity contribution in [3.63, 3.8) is 0 Å². The Labute approximate surface area is 110 Å². The number of hydrogen-bond donors (Lipinski definition) is 0. The van der Waals surface area contributed by atoms with Gasteiger partial charge in [0.15, 0.2) is 5.41 Å². The zero-order valence-electron chi connectivity index (χ0n) is 11.4. The number of rotatable bonds is 8. The molecule has 6 heteroatoms. The molecule has 0 aliphatic carbocycles. The molecule has 0 aliphatic rings. The summed E-state index contributed by atoms with van der Waals surface area (Å²) in [5.41, 5.74) is -3.52. The number of unbranched alkanes of at least 4 members (excludes halogenated alkanes) is 4. The first-order valence-corrected chi connectivity index (χ1v) is 6.76. The molecule has 0 aromatic carbocycles. The van der Waals surface area contributed by atoms with Crippen LogP contribution in [0, 0.1) is 5.41 Å². The van der Waals surface area contributed by atoms with E-state index in [1.807, 2.05) is 0 Å². The van der Waals surface area contributed by atoms with Crippen LogP contribution < -0.4 is 0 Å². The second-order valence-electron chi connectivity index (χ2n) is 4.99. The van der Waals surface area contributed by atoms with Crippen LogP contribution in [-0.2, 0) is 0 Å². The summed E-state index contributed by atoms with van der Waals surface area (Å²) in [6.45, 7) is 3.50. The molecular formula is C13H22F6. The minimum atomic E-state index is -5.23. The number of alkyl halides is 6. The average Bonchev–Trinajstić information content (AvgIpc) is 2.24. The van der Waals surface area contributed by atoms with Crippen LogP contribution in [0.1, 0.15) is 65.2 Å². The highest BCUT2D eigenvalue weighted by Crippen LogP contribution is 2.56. The zero-order chi connectivity index (χ0) is 15.2. The van der Waals surface area contributed by atoms with Gasteiger partial charge in [0, 0.05) is 0 Å². The molecule has 0 saturated heterocycles. The van der Waals surface area contributed by atoms with E-state index in [0.29, 0.717) is 25.7 Å². The van der Waals surface area contributed by atoms with Gasteiger partial charge in [-0.05, 0) is 12.8 Å². The van der Waals surface area contributed by atoms with Crippen LogP contribution in [0.4, 0.5) is 26.3 Å². The molecule has 0 N–H and O–H groups in total. The summed E-state index contributed by atoms with van der Waals surface area (Å²) in [6, 6.07) is 0. The molecule has 0 aliphatic heterocycles. The van der Waals surface area contributed by atoms with Crippen molar-refractivity contribution >= 4 is 0 Å². The quantitative estimate of drug-likeness (QED) is 0.366. The largest absolute Gasteiger partial charge is 0.403 e. The smallest absolute Gasteiger partial charge is 0.170 e. The van der Waals surface area contributed by atoms with E-state index in [1.54, 1.807) is 13.8 Å². The summed E-state index contributed by atoms with van der Waals surface area (Å²) in [5.74, 6) is 0. The first-order valence-electron chi connectivity index (χ1n) is 6.76. The Bertz CT molecular complexity index is 214. The molecule has 0 unspecified atom stereocenters. The van der Waals surface area contributed by atoms with E-state index in [1.165, 1.54) is 0 Å². The van der Waals surface area contributed by atoms with E-state index >= 15 is 0 Å². The van der Waals surface area contributed by atoms with Crippen LogP contribution in [0.3, 0.4) is 0 Å². The molecule has 116 valence electrons. The maximum Gasteiger partial charge on any atom is 0.403 e. The fourth-order valence-electron chi connectivity index (χ4n) is 2.21. The highest BCUT2D eigenvalue weighted by atomic mass is 19.4. The second kappa shape index (κ2) is 7.39. The van der Waals surface area contributed by atoms with Gasteiger partial charge in [-0.15, -0.1) is 0 Å². The van der Waals surface area contributed by atoms with E-state index in [2.05, 4.69) is 0 Å². The van der Waals surface area contributed by atoms with Crippen LogP contribution in [-0.4, -0.2) is 12.4 Å². The van der Waals surface area contributed by atoms with Crippen molar-refractivity contribution < 1.29 is 26.3 Å². The van der Waals surface area contributed by atoms with Crippen LogP contribution in [0.15, 0.2) is 0 Å². The van der Waals surface area contributed by atoms with Gasteiger partial charge < -0.3 is 0 Å². The standard InChI is InChI=1S/C13H22F6/c1-3-5-7-9-11(12(14,15)16,13(17,18)19)10-8-6-4-2/h3-10H2,1-2H3. The number of hydrogen-bond acceptors (Lipinski definition) is 0. The van der Waals surface area contributed by atoms with Gasteiger partial charge in [-0.2, -0.15) is 26.3 Å². The Morgan fingerprint density at radius 1 is 0.579 bits per heavy atom. The molecule has 0 radical (unpaired) electrons. The van der Waals surface area contributed by atoms with Crippen molar-refractivity contribution in [2.75, 3.05) is 0 Å². The molecule has 0 aromatic heterocycles. The zero-order valence-corrected chi connectivity index (χ0v) is 11.4. The van der Waals surface area contributed by atoms with Crippen LogP contribution >= 0.6 is 0 Å². The SMILES string of the molecule is CCCCCC(CCCCC)(C(F)(F)F)C(F)(F)F. The lowest BCUT2D eigenvalue weighted by molar-refractivity contribution is -0.346. The molecule has 19 heavy (non-hydrogen) atoms. The predicted molar refractivity (Wildman–Crippen MR) is 62.8 cm³/mol. The topological polar surface area (TPSA) is 0 Å². The maximum absolute atomic E-state index is 13.0. The van der Waals surface area contributed by atoms with Gasteiger partial charge >= 0.3 is 12.4 Å². The monoisotopic (exact) mass is 292 g/mol. The molecule has 0 aromatic rings. The van der Waals surface area contributed by atoms with Crippen molar-refractivity contribution in [2.45, 2.75) is 77.6 Å². The van der Waals surface area contributed by atoms with E-state index < -0.39 is 30.6 Å². The minimum Gasteiger partial charge on any atom is -0.170 e. The molecular weight excluding hydrogens is 270 g/mol. The molecule has 0 heterocycles. The van der Waals surface area contributed by atoms with Gasteiger partial charge in [0.1, 0.15) is 0 Å². The van der Waals surface area contributed by atoms with Crippen LogP contribution in [0.2, 0.25) is 0 Å². The third-order valence-corrected chi connectivity index (χ3v) is 3.50. The lowest BCUT2D eigenvalue weighted by Crippen LogP contribution is -2.50. The summed E-state index contributed by atoms with van der Waals surface area (Å²) in [7, 11) is 0. The van der Waals surface area contributed by atoms with Gasteiger partial charge in [0.2, 0.25) is 0 Å². The summed E-state index contributed by atoms with van der Waals surface area (Å²) >= 11 is 0. The van der Waals surface area contributed by atoms with Gasteiger partial charge in [-0.1, -0.05) is 52.4 Å². The van der Waals surface area contributed by atoms with Crippen molar-refractivity contribution in [2.24, 2.45) is 5.41 Å². The molecule has 0 bridgehead atoms. The third-order valence-electron chi connectivity index (χ3n) is 3.50. The second-order valence-corrected chi connectivity index (χ2v) is 4.99. The Morgan fingerprint density at radius 2 is 0.895 bits per heavy atom. The van der Waals surface area contributed by atoms with E-state index in [4.69, 9.17) is 0 Å². The fraction of sp³-hybridized carbons (Fsp3) is 1.00. The lowest BCUT2D eigenvalue weighted by atomic mass is 9.76. The van der Waals surface area contributed by atoms with Crippen molar-refractivity contribution in [1.29, 1.82) is 0 Å². The Balaban J connectivity index is 5.11. The number of halogens is 6. The average molecular weight is 292 g/mol. The molecule has 0 rings (SSSR count). The van der Waals surface area contributed by atoms with Crippen LogP contribution in [0.25, 0.3) is 0 Å². The molecule has 0 atom stereocenters. The first-order chi connectivity index (χ1) is 8.62. The summed E-state index contributed by atoms with van der Waals surface area (Å²) < 4.78 is 78.0. The maximum atomic E-state index is 13.0. The Kier molecular flexibility index (Phi) is 7.22. The normalized spacial score (nSPS) is 13.9.